The van der Waals surface area contributed by atoms with Crippen molar-refractivity contribution >= 4 is 39.7 Å². The Balaban J connectivity index is 2.25. The number of piperazine rings is 1. The number of amides is 1. The Morgan fingerprint density at radius 2 is 2.05 bits per heavy atom. The highest BCUT2D eigenvalue weighted by molar-refractivity contribution is 7.99. The predicted molar refractivity (Wildman–Crippen MR) is 88.2 cm³/mol. The fraction of sp³-hybridized carbons (Fsp3) is 0.615. The summed E-state index contributed by atoms with van der Waals surface area (Å²) in [6.45, 7) is 7.41. The molecule has 2 rings (SSSR count). The highest BCUT2D eigenvalue weighted by atomic mass is 32.2. The van der Waals surface area contributed by atoms with Crippen molar-refractivity contribution in [3.8, 4) is 0 Å². The number of likely N-dealkylation sites (N-methyl/N-ethyl adjacent to an activating group) is 1. The van der Waals surface area contributed by atoms with Crippen molar-refractivity contribution in [3.63, 3.8) is 0 Å². The van der Waals surface area contributed by atoms with Gasteiger partial charge in [-0.2, -0.15) is 0 Å². The lowest BCUT2D eigenvalue weighted by Crippen LogP contribution is -2.46. The van der Waals surface area contributed by atoms with E-state index in [0.717, 1.165) is 42.6 Å². The molecule has 1 saturated heterocycles. The molecule has 1 amide bonds. The lowest BCUT2D eigenvalue weighted by Gasteiger charge is -2.35. The standard InChI is InChI=1S/C13H22N4OS2/c1-4-16-5-7-17(8-6-16)13-11(19-3)9(14)10(20-13)12(18)15-2/h4-8,14H2,1-3H3,(H,15,18). The number of rotatable bonds is 4. The second kappa shape index (κ2) is 6.69. The van der Waals surface area contributed by atoms with Crippen LogP contribution in [0.5, 0.6) is 0 Å². The maximum atomic E-state index is 11.9. The summed E-state index contributed by atoms with van der Waals surface area (Å²) in [6, 6.07) is 0. The molecule has 3 N–H and O–H groups in total. The molecule has 0 unspecified atom stereocenters. The number of carbonyl (C=O) groups is 1. The number of thioether (sulfide) groups is 1. The molecule has 0 aliphatic carbocycles. The second-order valence-electron chi connectivity index (χ2n) is 4.68. The monoisotopic (exact) mass is 314 g/mol. The lowest BCUT2D eigenvalue weighted by molar-refractivity contribution is 0.0968. The number of thiophene rings is 1. The third-order valence-electron chi connectivity index (χ3n) is 3.63. The van der Waals surface area contributed by atoms with Crippen molar-refractivity contribution in [3.05, 3.63) is 4.88 Å². The van der Waals surface area contributed by atoms with Crippen LogP contribution in [0.3, 0.4) is 0 Å². The van der Waals surface area contributed by atoms with Gasteiger partial charge in [0.25, 0.3) is 5.91 Å². The summed E-state index contributed by atoms with van der Waals surface area (Å²) >= 11 is 3.13. The van der Waals surface area contributed by atoms with Gasteiger partial charge in [-0.25, -0.2) is 0 Å². The molecule has 1 aromatic rings. The normalized spacial score (nSPS) is 16.4. The van der Waals surface area contributed by atoms with Gasteiger partial charge in [0.05, 0.1) is 10.6 Å². The van der Waals surface area contributed by atoms with Crippen LogP contribution in [0.4, 0.5) is 10.7 Å². The molecule has 1 aliphatic rings. The topological polar surface area (TPSA) is 61.6 Å². The van der Waals surface area contributed by atoms with Crippen molar-refractivity contribution in [1.82, 2.24) is 10.2 Å². The molecular formula is C13H22N4OS2. The molecule has 0 atom stereocenters. The fourth-order valence-electron chi connectivity index (χ4n) is 2.37. The molecule has 5 nitrogen and oxygen atoms in total. The van der Waals surface area contributed by atoms with Crippen LogP contribution < -0.4 is 16.0 Å². The van der Waals surface area contributed by atoms with Crippen LogP contribution in [0.15, 0.2) is 4.90 Å². The second-order valence-corrected chi connectivity index (χ2v) is 6.50. The number of nitrogen functional groups attached to an aromatic ring is 1. The molecule has 0 radical (unpaired) electrons. The number of carbonyl (C=O) groups excluding carboxylic acids is 1. The SMILES string of the molecule is CCN1CCN(c2sc(C(=O)NC)c(N)c2SC)CC1. The summed E-state index contributed by atoms with van der Waals surface area (Å²) in [7, 11) is 1.64. The average Bonchev–Trinajstić information content (AvgIpc) is 2.83. The van der Waals surface area contributed by atoms with Gasteiger partial charge in [-0.3, -0.25) is 4.79 Å². The first-order valence-corrected chi connectivity index (χ1v) is 8.82. The van der Waals surface area contributed by atoms with Crippen LogP contribution in [-0.2, 0) is 0 Å². The number of nitrogens with zero attached hydrogens (tertiary/aromatic N) is 2. The zero-order chi connectivity index (χ0) is 14.7. The van der Waals surface area contributed by atoms with E-state index in [1.807, 2.05) is 6.26 Å². The molecule has 0 saturated carbocycles. The van der Waals surface area contributed by atoms with Gasteiger partial charge >= 0.3 is 0 Å². The molecule has 0 bridgehead atoms. The van der Waals surface area contributed by atoms with Crippen LogP contribution in [0, 0.1) is 0 Å². The van der Waals surface area contributed by atoms with E-state index < -0.39 is 0 Å². The Kier molecular flexibility index (Phi) is 5.17. The minimum atomic E-state index is -0.0961. The summed E-state index contributed by atoms with van der Waals surface area (Å²) in [5.41, 5.74) is 6.76. The molecular weight excluding hydrogens is 292 g/mol. The van der Waals surface area contributed by atoms with Crippen LogP contribution in [0.2, 0.25) is 0 Å². The zero-order valence-corrected chi connectivity index (χ0v) is 13.9. The quantitative estimate of drug-likeness (QED) is 0.826. The molecule has 1 fully saturated rings. The molecule has 1 aromatic heterocycles. The highest BCUT2D eigenvalue weighted by Crippen LogP contribution is 2.44. The van der Waals surface area contributed by atoms with E-state index in [9.17, 15) is 4.79 Å². The van der Waals surface area contributed by atoms with Gasteiger partial charge in [0.1, 0.15) is 9.88 Å². The van der Waals surface area contributed by atoms with Gasteiger partial charge in [-0.1, -0.05) is 6.92 Å². The first-order chi connectivity index (χ1) is 9.62. The summed E-state index contributed by atoms with van der Waals surface area (Å²) in [6.07, 6.45) is 2.01. The summed E-state index contributed by atoms with van der Waals surface area (Å²) < 4.78 is 0. The largest absolute Gasteiger partial charge is 0.396 e. The number of hydrogen-bond donors (Lipinski definition) is 2. The Morgan fingerprint density at radius 3 is 2.55 bits per heavy atom. The third kappa shape index (κ3) is 2.89. The molecule has 112 valence electrons. The van der Waals surface area contributed by atoms with Crippen molar-refractivity contribution in [2.45, 2.75) is 11.8 Å². The number of anilines is 2. The summed E-state index contributed by atoms with van der Waals surface area (Å²) in [4.78, 5) is 18.3. The fourth-order valence-corrected chi connectivity index (χ4v) is 4.55. The van der Waals surface area contributed by atoms with E-state index >= 15 is 0 Å². The Hall–Kier alpha value is -0.920. The van der Waals surface area contributed by atoms with Gasteiger partial charge in [-0.05, 0) is 12.8 Å². The zero-order valence-electron chi connectivity index (χ0n) is 12.2. The Labute approximate surface area is 128 Å². The number of nitrogens with two attached hydrogens (primary N) is 1. The molecule has 2 heterocycles. The minimum Gasteiger partial charge on any atom is -0.396 e. The van der Waals surface area contributed by atoms with Gasteiger partial charge < -0.3 is 20.9 Å². The smallest absolute Gasteiger partial charge is 0.263 e. The average molecular weight is 314 g/mol. The summed E-state index contributed by atoms with van der Waals surface area (Å²) in [5.74, 6) is -0.0961. The molecule has 0 spiro atoms. The Morgan fingerprint density at radius 1 is 1.40 bits per heavy atom. The predicted octanol–water partition coefficient (Wildman–Crippen LogP) is 1.55. The number of hydrogen-bond acceptors (Lipinski definition) is 6. The first-order valence-electron chi connectivity index (χ1n) is 6.78. The number of nitrogens with one attached hydrogen (secondary N) is 1. The maximum Gasteiger partial charge on any atom is 0.263 e. The molecule has 20 heavy (non-hydrogen) atoms. The van der Waals surface area contributed by atoms with Gasteiger partial charge in [-0.15, -0.1) is 23.1 Å². The molecule has 7 heteroatoms. The van der Waals surface area contributed by atoms with Gasteiger partial charge in [0.2, 0.25) is 0 Å². The van der Waals surface area contributed by atoms with E-state index in [-0.39, 0.29) is 5.91 Å². The maximum absolute atomic E-state index is 11.9. The highest BCUT2D eigenvalue weighted by Gasteiger charge is 2.25. The van der Waals surface area contributed by atoms with E-state index in [1.54, 1.807) is 18.8 Å². The van der Waals surface area contributed by atoms with E-state index in [4.69, 9.17) is 5.73 Å². The molecule has 0 aromatic carbocycles. The third-order valence-corrected chi connectivity index (χ3v) is 5.84. The van der Waals surface area contributed by atoms with E-state index in [0.29, 0.717) is 10.6 Å². The van der Waals surface area contributed by atoms with Crippen LogP contribution in [0.25, 0.3) is 0 Å². The van der Waals surface area contributed by atoms with Crippen molar-refractivity contribution in [1.29, 1.82) is 0 Å². The van der Waals surface area contributed by atoms with E-state index in [2.05, 4.69) is 22.0 Å². The van der Waals surface area contributed by atoms with Gasteiger partial charge in [0.15, 0.2) is 0 Å². The first kappa shape index (κ1) is 15.5. The lowest BCUT2D eigenvalue weighted by atomic mass is 10.3. The van der Waals surface area contributed by atoms with E-state index in [1.165, 1.54) is 11.3 Å². The van der Waals surface area contributed by atoms with Crippen LogP contribution >= 0.6 is 23.1 Å². The summed E-state index contributed by atoms with van der Waals surface area (Å²) in [5, 5.41) is 3.80. The molecule has 1 aliphatic heterocycles. The van der Waals surface area contributed by atoms with Crippen LogP contribution in [-0.4, -0.2) is 56.8 Å². The van der Waals surface area contributed by atoms with Crippen molar-refractivity contribution in [2.75, 3.05) is 56.7 Å². The van der Waals surface area contributed by atoms with Crippen molar-refractivity contribution in [2.24, 2.45) is 0 Å². The minimum absolute atomic E-state index is 0.0961. The van der Waals surface area contributed by atoms with Crippen LogP contribution in [0.1, 0.15) is 16.6 Å². The van der Waals surface area contributed by atoms with Gasteiger partial charge in [0, 0.05) is 33.2 Å². The Bertz CT molecular complexity index is 481. The van der Waals surface area contributed by atoms with Crippen molar-refractivity contribution < 1.29 is 4.79 Å².